The molecule has 0 unspecified atom stereocenters. The standard InChI is InChI=1S/C9H15N3O3S/c1-2-12-5-8(10-7-12)16(14,15)11-9(6-13)3-4-9/h5,7,11,13H,2-4,6H2,1H3. The minimum atomic E-state index is -3.60. The van der Waals surface area contributed by atoms with Gasteiger partial charge < -0.3 is 9.67 Å². The molecule has 6 nitrogen and oxygen atoms in total. The van der Waals surface area contributed by atoms with Gasteiger partial charge in [-0.15, -0.1) is 0 Å². The van der Waals surface area contributed by atoms with Crippen LogP contribution < -0.4 is 4.72 Å². The molecule has 1 saturated carbocycles. The van der Waals surface area contributed by atoms with Crippen LogP contribution in [0.4, 0.5) is 0 Å². The number of imidazole rings is 1. The minimum Gasteiger partial charge on any atom is -0.394 e. The van der Waals surface area contributed by atoms with E-state index < -0.39 is 15.6 Å². The van der Waals surface area contributed by atoms with E-state index in [0.717, 1.165) is 0 Å². The van der Waals surface area contributed by atoms with E-state index in [4.69, 9.17) is 5.11 Å². The second-order valence-corrected chi connectivity index (χ2v) is 5.72. The lowest BCUT2D eigenvalue weighted by atomic mass is 10.3. The first-order valence-electron chi connectivity index (χ1n) is 5.18. The summed E-state index contributed by atoms with van der Waals surface area (Å²) in [5.41, 5.74) is -0.644. The molecule has 0 spiro atoms. The maximum absolute atomic E-state index is 11.9. The van der Waals surface area contributed by atoms with Gasteiger partial charge in [-0.05, 0) is 19.8 Å². The summed E-state index contributed by atoms with van der Waals surface area (Å²) in [4.78, 5) is 3.84. The summed E-state index contributed by atoms with van der Waals surface area (Å²) in [5, 5.41) is 9.07. The molecular formula is C9H15N3O3S. The molecule has 1 fully saturated rings. The van der Waals surface area contributed by atoms with Gasteiger partial charge in [0.05, 0.1) is 18.5 Å². The van der Waals surface area contributed by atoms with E-state index in [1.165, 1.54) is 12.5 Å². The quantitative estimate of drug-likeness (QED) is 0.746. The molecule has 1 aromatic heterocycles. The molecule has 0 aromatic carbocycles. The fourth-order valence-corrected chi connectivity index (χ4v) is 2.84. The highest BCUT2D eigenvalue weighted by Gasteiger charge is 2.46. The molecule has 2 rings (SSSR count). The van der Waals surface area contributed by atoms with Gasteiger partial charge in [-0.25, -0.2) is 18.1 Å². The maximum Gasteiger partial charge on any atom is 0.260 e. The average molecular weight is 245 g/mol. The largest absolute Gasteiger partial charge is 0.394 e. The van der Waals surface area contributed by atoms with E-state index >= 15 is 0 Å². The number of nitrogens with zero attached hydrogens (tertiary/aromatic N) is 2. The summed E-state index contributed by atoms with van der Waals surface area (Å²) in [5.74, 6) is 0. The molecule has 0 radical (unpaired) electrons. The zero-order valence-electron chi connectivity index (χ0n) is 9.05. The van der Waals surface area contributed by atoms with Crippen molar-refractivity contribution >= 4 is 10.0 Å². The average Bonchev–Trinajstić information content (AvgIpc) is 2.82. The monoisotopic (exact) mass is 245 g/mol. The molecule has 1 heterocycles. The van der Waals surface area contributed by atoms with Crippen molar-refractivity contribution in [3.63, 3.8) is 0 Å². The molecular weight excluding hydrogens is 230 g/mol. The Morgan fingerprint density at radius 3 is 2.75 bits per heavy atom. The molecule has 0 saturated heterocycles. The number of hydrogen-bond acceptors (Lipinski definition) is 4. The molecule has 1 aromatic rings. The van der Waals surface area contributed by atoms with E-state index in [1.807, 2.05) is 6.92 Å². The van der Waals surface area contributed by atoms with Gasteiger partial charge in [0.15, 0.2) is 5.03 Å². The van der Waals surface area contributed by atoms with Gasteiger partial charge in [0.1, 0.15) is 0 Å². The SMILES string of the molecule is CCn1cnc(S(=O)(=O)NC2(CO)CC2)c1. The van der Waals surface area contributed by atoms with Gasteiger partial charge in [0.2, 0.25) is 0 Å². The normalized spacial score (nSPS) is 18.6. The third-order valence-corrected chi connectivity index (χ3v) is 4.22. The zero-order chi connectivity index (χ0) is 11.8. The number of rotatable bonds is 5. The fraction of sp³-hybridized carbons (Fsp3) is 0.667. The molecule has 0 aliphatic heterocycles. The highest BCUT2D eigenvalue weighted by Crippen LogP contribution is 2.35. The molecule has 0 bridgehead atoms. The third-order valence-electron chi connectivity index (χ3n) is 2.76. The summed E-state index contributed by atoms with van der Waals surface area (Å²) >= 11 is 0. The molecule has 0 atom stereocenters. The second kappa shape index (κ2) is 3.83. The van der Waals surface area contributed by atoms with Crippen LogP contribution in [0, 0.1) is 0 Å². The number of hydrogen-bond donors (Lipinski definition) is 2. The van der Waals surface area contributed by atoms with Crippen LogP contribution in [-0.2, 0) is 16.6 Å². The Morgan fingerprint density at radius 2 is 2.31 bits per heavy atom. The van der Waals surface area contributed by atoms with Crippen LogP contribution in [0.2, 0.25) is 0 Å². The van der Waals surface area contributed by atoms with Crippen LogP contribution >= 0.6 is 0 Å². The number of nitrogens with one attached hydrogen (secondary N) is 1. The van der Waals surface area contributed by atoms with E-state index in [9.17, 15) is 8.42 Å². The zero-order valence-corrected chi connectivity index (χ0v) is 9.87. The number of sulfonamides is 1. The summed E-state index contributed by atoms with van der Waals surface area (Å²) in [6.07, 6.45) is 4.32. The van der Waals surface area contributed by atoms with Gasteiger partial charge in [-0.1, -0.05) is 0 Å². The van der Waals surface area contributed by atoms with Gasteiger partial charge in [-0.2, -0.15) is 0 Å². The van der Waals surface area contributed by atoms with E-state index in [1.54, 1.807) is 4.57 Å². The van der Waals surface area contributed by atoms with Crippen molar-refractivity contribution < 1.29 is 13.5 Å². The van der Waals surface area contributed by atoms with E-state index in [0.29, 0.717) is 19.4 Å². The number of aliphatic hydroxyl groups excluding tert-OH is 1. The number of aliphatic hydroxyl groups is 1. The van der Waals surface area contributed by atoms with Crippen LogP contribution in [0.25, 0.3) is 0 Å². The van der Waals surface area contributed by atoms with Crippen LogP contribution in [0.3, 0.4) is 0 Å². The molecule has 90 valence electrons. The molecule has 2 N–H and O–H groups in total. The van der Waals surface area contributed by atoms with Crippen LogP contribution in [-0.4, -0.2) is 35.2 Å². The van der Waals surface area contributed by atoms with Crippen molar-refractivity contribution in [2.75, 3.05) is 6.61 Å². The highest BCUT2D eigenvalue weighted by atomic mass is 32.2. The minimum absolute atomic E-state index is 0.00840. The van der Waals surface area contributed by atoms with Gasteiger partial charge in [-0.3, -0.25) is 0 Å². The van der Waals surface area contributed by atoms with Crippen molar-refractivity contribution in [3.8, 4) is 0 Å². The van der Waals surface area contributed by atoms with Gasteiger partial charge >= 0.3 is 0 Å². The highest BCUT2D eigenvalue weighted by molar-refractivity contribution is 7.89. The predicted octanol–water partition coefficient (Wildman–Crippen LogP) is -0.294. The molecule has 7 heteroatoms. The summed E-state index contributed by atoms with van der Waals surface area (Å²) < 4.78 is 27.9. The first-order valence-corrected chi connectivity index (χ1v) is 6.66. The Hall–Kier alpha value is -0.920. The van der Waals surface area contributed by atoms with Gasteiger partial charge in [0.25, 0.3) is 10.0 Å². The molecule has 16 heavy (non-hydrogen) atoms. The van der Waals surface area contributed by atoms with Crippen LogP contribution in [0.15, 0.2) is 17.6 Å². The number of aromatic nitrogens is 2. The van der Waals surface area contributed by atoms with Crippen molar-refractivity contribution in [1.82, 2.24) is 14.3 Å². The van der Waals surface area contributed by atoms with Crippen molar-refractivity contribution in [3.05, 3.63) is 12.5 Å². The number of aryl methyl sites for hydroxylation is 1. The summed E-state index contributed by atoms with van der Waals surface area (Å²) in [6.45, 7) is 2.41. The Morgan fingerprint density at radius 1 is 1.62 bits per heavy atom. The first-order chi connectivity index (χ1) is 7.51. The lowest BCUT2D eigenvalue weighted by Crippen LogP contribution is -2.39. The summed E-state index contributed by atoms with van der Waals surface area (Å²) in [6, 6.07) is 0. The maximum atomic E-state index is 11.9. The lowest BCUT2D eigenvalue weighted by molar-refractivity contribution is 0.246. The fourth-order valence-electron chi connectivity index (χ4n) is 1.43. The smallest absolute Gasteiger partial charge is 0.260 e. The van der Waals surface area contributed by atoms with Crippen LogP contribution in [0.5, 0.6) is 0 Å². The third kappa shape index (κ3) is 2.11. The molecule has 1 aliphatic carbocycles. The summed E-state index contributed by atoms with van der Waals surface area (Å²) in [7, 11) is -3.60. The Bertz CT molecular complexity index is 476. The predicted molar refractivity (Wildman–Crippen MR) is 57.3 cm³/mol. The topological polar surface area (TPSA) is 84.2 Å². The van der Waals surface area contributed by atoms with E-state index in [2.05, 4.69) is 9.71 Å². The molecule has 0 amide bonds. The van der Waals surface area contributed by atoms with Crippen molar-refractivity contribution in [1.29, 1.82) is 0 Å². The second-order valence-electron chi connectivity index (χ2n) is 4.09. The Labute approximate surface area is 94.4 Å². The lowest BCUT2D eigenvalue weighted by Gasteiger charge is -2.12. The van der Waals surface area contributed by atoms with Crippen LogP contribution in [0.1, 0.15) is 19.8 Å². The van der Waals surface area contributed by atoms with Crippen molar-refractivity contribution in [2.45, 2.75) is 36.9 Å². The van der Waals surface area contributed by atoms with Gasteiger partial charge in [0, 0.05) is 12.7 Å². The Balaban J connectivity index is 2.19. The van der Waals surface area contributed by atoms with Crippen molar-refractivity contribution in [2.24, 2.45) is 0 Å². The molecule has 1 aliphatic rings. The van der Waals surface area contributed by atoms with E-state index in [-0.39, 0.29) is 11.6 Å². The Kier molecular flexibility index (Phi) is 2.77. The first kappa shape index (κ1) is 11.6.